The number of benzene rings is 1. The van der Waals surface area contributed by atoms with Crippen LogP contribution in [-0.2, 0) is 11.3 Å². The van der Waals surface area contributed by atoms with Gasteiger partial charge in [0, 0.05) is 11.6 Å². The Morgan fingerprint density at radius 3 is 2.85 bits per heavy atom. The molecule has 1 amide bonds. The first kappa shape index (κ1) is 17.8. The minimum atomic E-state index is -0.227. The second-order valence-electron chi connectivity index (χ2n) is 6.92. The Morgan fingerprint density at radius 2 is 2.08 bits per heavy atom. The summed E-state index contributed by atoms with van der Waals surface area (Å²) in [6, 6.07) is 4.86. The van der Waals surface area contributed by atoms with Crippen molar-refractivity contribution < 1.29 is 9.32 Å². The molecule has 4 rings (SSSR count). The van der Waals surface area contributed by atoms with Crippen LogP contribution in [-0.4, -0.2) is 33.5 Å². The molecule has 1 N–H and O–H groups in total. The smallest absolute Gasteiger partial charge is 0.241 e. The maximum Gasteiger partial charge on any atom is 0.241 e. The average Bonchev–Trinajstić information content (AvgIpc) is 3.38. The molecular formula is C18H20Cl2N4O2. The largest absolute Gasteiger partial charge is 0.338 e. The van der Waals surface area contributed by atoms with E-state index in [4.69, 9.17) is 27.7 Å². The normalized spacial score (nSPS) is 20.9. The van der Waals surface area contributed by atoms with Gasteiger partial charge in [0.1, 0.15) is 0 Å². The number of carbonyl (C=O) groups excluding carboxylic acids is 1. The lowest BCUT2D eigenvalue weighted by molar-refractivity contribution is -0.122. The molecule has 6 nitrogen and oxygen atoms in total. The van der Waals surface area contributed by atoms with Crippen molar-refractivity contribution in [2.24, 2.45) is 0 Å². The molecule has 1 saturated heterocycles. The predicted molar refractivity (Wildman–Crippen MR) is 99.4 cm³/mol. The van der Waals surface area contributed by atoms with Gasteiger partial charge in [-0.25, -0.2) is 0 Å². The molecular weight excluding hydrogens is 375 g/mol. The van der Waals surface area contributed by atoms with Gasteiger partial charge in [0.15, 0.2) is 5.82 Å². The van der Waals surface area contributed by atoms with Gasteiger partial charge >= 0.3 is 0 Å². The van der Waals surface area contributed by atoms with Crippen LogP contribution in [0.5, 0.6) is 0 Å². The SMILES string of the molecule is O=C(Nc1ccc(Cl)c(Cl)c1)[C@H]1CCCCN1Cc1nc(C2CC2)no1. The zero-order chi connectivity index (χ0) is 18.1. The summed E-state index contributed by atoms with van der Waals surface area (Å²) in [6.07, 6.45) is 5.15. The van der Waals surface area contributed by atoms with Crippen LogP contribution in [0.2, 0.25) is 10.0 Å². The van der Waals surface area contributed by atoms with Gasteiger partial charge in [-0.2, -0.15) is 4.98 Å². The van der Waals surface area contributed by atoms with Gasteiger partial charge in [0.05, 0.1) is 22.6 Å². The number of rotatable bonds is 5. The fourth-order valence-electron chi connectivity index (χ4n) is 3.29. The molecule has 0 unspecified atom stereocenters. The Balaban J connectivity index is 1.43. The van der Waals surface area contributed by atoms with E-state index in [1.54, 1.807) is 18.2 Å². The number of hydrogen-bond acceptors (Lipinski definition) is 5. The monoisotopic (exact) mass is 394 g/mol. The molecule has 0 radical (unpaired) electrons. The molecule has 0 spiro atoms. The van der Waals surface area contributed by atoms with E-state index in [0.717, 1.165) is 44.5 Å². The summed E-state index contributed by atoms with van der Waals surface area (Å²) in [7, 11) is 0. The highest BCUT2D eigenvalue weighted by Gasteiger charge is 2.32. The quantitative estimate of drug-likeness (QED) is 0.820. The third-order valence-electron chi connectivity index (χ3n) is 4.87. The molecule has 8 heteroatoms. The molecule has 1 aromatic carbocycles. The average molecular weight is 395 g/mol. The molecule has 2 aromatic rings. The fourth-order valence-corrected chi connectivity index (χ4v) is 3.59. The molecule has 0 bridgehead atoms. The van der Waals surface area contributed by atoms with Crippen molar-refractivity contribution in [2.75, 3.05) is 11.9 Å². The predicted octanol–water partition coefficient (Wildman–Crippen LogP) is 4.25. The van der Waals surface area contributed by atoms with E-state index in [0.29, 0.717) is 34.1 Å². The van der Waals surface area contributed by atoms with Gasteiger partial charge in [0.25, 0.3) is 0 Å². The number of carbonyl (C=O) groups is 1. The topological polar surface area (TPSA) is 71.3 Å². The second-order valence-corrected chi connectivity index (χ2v) is 7.74. The van der Waals surface area contributed by atoms with Crippen LogP contribution in [0.15, 0.2) is 22.7 Å². The van der Waals surface area contributed by atoms with E-state index in [-0.39, 0.29) is 11.9 Å². The lowest BCUT2D eigenvalue weighted by Crippen LogP contribution is -2.46. The van der Waals surface area contributed by atoms with Gasteiger partial charge in [-0.05, 0) is 50.4 Å². The summed E-state index contributed by atoms with van der Waals surface area (Å²) >= 11 is 12.0. The first-order valence-electron chi connectivity index (χ1n) is 8.92. The van der Waals surface area contributed by atoms with E-state index in [1.807, 2.05) is 0 Å². The minimum absolute atomic E-state index is 0.0509. The van der Waals surface area contributed by atoms with Crippen LogP contribution in [0.25, 0.3) is 0 Å². The number of hydrogen-bond donors (Lipinski definition) is 1. The van der Waals surface area contributed by atoms with Crippen LogP contribution in [0.4, 0.5) is 5.69 Å². The molecule has 2 heterocycles. The minimum Gasteiger partial charge on any atom is -0.338 e. The number of anilines is 1. The molecule has 26 heavy (non-hydrogen) atoms. The molecule has 2 fully saturated rings. The fraction of sp³-hybridized carbons (Fsp3) is 0.500. The Bertz CT molecular complexity index is 806. The summed E-state index contributed by atoms with van der Waals surface area (Å²) < 4.78 is 5.38. The number of aromatic nitrogens is 2. The number of piperidine rings is 1. The van der Waals surface area contributed by atoms with Gasteiger partial charge < -0.3 is 9.84 Å². The van der Waals surface area contributed by atoms with E-state index >= 15 is 0 Å². The van der Waals surface area contributed by atoms with Crippen molar-refractivity contribution in [3.05, 3.63) is 40.0 Å². The van der Waals surface area contributed by atoms with Crippen LogP contribution in [0.3, 0.4) is 0 Å². The van der Waals surface area contributed by atoms with Crippen LogP contribution in [0, 0.1) is 0 Å². The summed E-state index contributed by atoms with van der Waals surface area (Å²) in [6.45, 7) is 1.33. The van der Waals surface area contributed by atoms with Crippen molar-refractivity contribution in [1.29, 1.82) is 0 Å². The number of halogens is 2. The first-order chi connectivity index (χ1) is 12.6. The lowest BCUT2D eigenvalue weighted by atomic mass is 10.0. The van der Waals surface area contributed by atoms with E-state index in [1.165, 1.54) is 0 Å². The van der Waals surface area contributed by atoms with E-state index in [9.17, 15) is 4.79 Å². The van der Waals surface area contributed by atoms with Crippen LogP contribution < -0.4 is 5.32 Å². The standard InChI is InChI=1S/C18H20Cl2N4O2/c19-13-7-6-12(9-14(13)20)21-18(25)15-3-1-2-8-24(15)10-16-22-17(23-26-16)11-4-5-11/h6-7,9,11,15H,1-5,8,10H2,(H,21,25)/t15-/m1/s1. The van der Waals surface area contributed by atoms with E-state index < -0.39 is 0 Å². The summed E-state index contributed by atoms with van der Waals surface area (Å²) in [5.74, 6) is 1.79. The zero-order valence-corrected chi connectivity index (χ0v) is 15.8. The summed E-state index contributed by atoms with van der Waals surface area (Å²) in [5.41, 5.74) is 0.642. The number of nitrogens with one attached hydrogen (secondary N) is 1. The number of likely N-dealkylation sites (tertiary alicyclic amines) is 1. The highest BCUT2D eigenvalue weighted by molar-refractivity contribution is 6.42. The maximum absolute atomic E-state index is 12.8. The van der Waals surface area contributed by atoms with Gasteiger partial charge in [-0.3, -0.25) is 9.69 Å². The van der Waals surface area contributed by atoms with Crippen molar-refractivity contribution in [3.63, 3.8) is 0 Å². The highest BCUT2D eigenvalue weighted by atomic mass is 35.5. The van der Waals surface area contributed by atoms with Crippen LogP contribution in [0.1, 0.15) is 49.7 Å². The lowest BCUT2D eigenvalue weighted by Gasteiger charge is -2.33. The highest BCUT2D eigenvalue weighted by Crippen LogP contribution is 2.38. The third kappa shape index (κ3) is 4.03. The molecule has 1 aliphatic carbocycles. The molecule has 1 saturated carbocycles. The Labute approximate surface area is 161 Å². The Kier molecular flexibility index (Phi) is 5.16. The second kappa shape index (κ2) is 7.55. The van der Waals surface area contributed by atoms with Crippen molar-refractivity contribution in [1.82, 2.24) is 15.0 Å². The Morgan fingerprint density at radius 1 is 1.23 bits per heavy atom. The van der Waals surface area contributed by atoms with Crippen LogP contribution >= 0.6 is 23.2 Å². The molecule has 2 aliphatic rings. The maximum atomic E-state index is 12.8. The molecule has 1 aliphatic heterocycles. The number of amides is 1. The summed E-state index contributed by atoms with van der Waals surface area (Å²) in [5, 5.41) is 7.88. The van der Waals surface area contributed by atoms with Gasteiger partial charge in [-0.15, -0.1) is 0 Å². The van der Waals surface area contributed by atoms with Gasteiger partial charge in [0.2, 0.25) is 11.8 Å². The van der Waals surface area contributed by atoms with Crippen molar-refractivity contribution >= 4 is 34.8 Å². The van der Waals surface area contributed by atoms with Gasteiger partial charge in [-0.1, -0.05) is 34.8 Å². The van der Waals surface area contributed by atoms with Crippen molar-refractivity contribution in [3.8, 4) is 0 Å². The van der Waals surface area contributed by atoms with Crippen molar-refractivity contribution in [2.45, 2.75) is 50.6 Å². The Hall–Kier alpha value is -1.63. The first-order valence-corrected chi connectivity index (χ1v) is 9.68. The summed E-state index contributed by atoms with van der Waals surface area (Å²) in [4.78, 5) is 19.4. The molecule has 138 valence electrons. The third-order valence-corrected chi connectivity index (χ3v) is 5.61. The number of nitrogens with zero attached hydrogens (tertiary/aromatic N) is 3. The van der Waals surface area contributed by atoms with E-state index in [2.05, 4.69) is 20.4 Å². The molecule has 1 aromatic heterocycles. The molecule has 1 atom stereocenters. The zero-order valence-electron chi connectivity index (χ0n) is 14.3.